The summed E-state index contributed by atoms with van der Waals surface area (Å²) in [6, 6.07) is 7.69. The van der Waals surface area contributed by atoms with Crippen molar-refractivity contribution >= 4 is 17.7 Å². The van der Waals surface area contributed by atoms with E-state index >= 15 is 0 Å². The van der Waals surface area contributed by atoms with Crippen LogP contribution in [-0.2, 0) is 11.3 Å². The molecule has 1 aliphatic rings. The summed E-state index contributed by atoms with van der Waals surface area (Å²) in [6.45, 7) is 4.53. The number of benzene rings is 1. The lowest BCUT2D eigenvalue weighted by Gasteiger charge is -2.27. The normalized spacial score (nSPS) is 17.9. The standard InChI is InChI=1S/C14H19NO3S/c1-11(14(16)17)18-13-5-3-2-4-12(13)10-15-6-8-19-9-7-15/h2-5,11H,6-10H2,1H3,(H,16,17)/t11-/m0/s1. The fourth-order valence-corrected chi connectivity index (χ4v) is 2.97. The Morgan fingerprint density at radius 2 is 2.11 bits per heavy atom. The van der Waals surface area contributed by atoms with Crippen LogP contribution >= 0.6 is 11.8 Å². The first-order chi connectivity index (χ1) is 9.16. The maximum Gasteiger partial charge on any atom is 0.344 e. The molecule has 0 aromatic heterocycles. The molecule has 0 amide bonds. The van der Waals surface area contributed by atoms with Gasteiger partial charge in [0.05, 0.1) is 0 Å². The first kappa shape index (κ1) is 14.2. The highest BCUT2D eigenvalue weighted by Crippen LogP contribution is 2.22. The van der Waals surface area contributed by atoms with Crippen LogP contribution in [0.2, 0.25) is 0 Å². The van der Waals surface area contributed by atoms with Crippen LogP contribution in [0.5, 0.6) is 5.75 Å². The molecule has 1 aromatic carbocycles. The molecule has 0 spiro atoms. The maximum atomic E-state index is 10.9. The van der Waals surface area contributed by atoms with Crippen molar-refractivity contribution in [3.63, 3.8) is 0 Å². The van der Waals surface area contributed by atoms with Gasteiger partial charge in [0.25, 0.3) is 0 Å². The van der Waals surface area contributed by atoms with E-state index in [0.717, 1.165) is 36.7 Å². The minimum absolute atomic E-state index is 0.677. The average Bonchev–Trinajstić information content (AvgIpc) is 2.42. The van der Waals surface area contributed by atoms with Gasteiger partial charge in [-0.05, 0) is 13.0 Å². The van der Waals surface area contributed by atoms with Crippen molar-refractivity contribution in [3.05, 3.63) is 29.8 Å². The van der Waals surface area contributed by atoms with Crippen LogP contribution in [-0.4, -0.2) is 46.7 Å². The molecular formula is C14H19NO3S. The topological polar surface area (TPSA) is 49.8 Å². The predicted octanol–water partition coefficient (Wildman–Crippen LogP) is 2.09. The molecule has 0 unspecified atom stereocenters. The number of nitrogens with zero attached hydrogens (tertiary/aromatic N) is 1. The second-order valence-corrected chi connectivity index (χ2v) is 5.82. The van der Waals surface area contributed by atoms with Crippen molar-refractivity contribution < 1.29 is 14.6 Å². The Balaban J connectivity index is 2.04. The number of rotatable bonds is 5. The molecule has 4 nitrogen and oxygen atoms in total. The molecule has 0 radical (unpaired) electrons. The van der Waals surface area contributed by atoms with Crippen molar-refractivity contribution in [1.82, 2.24) is 4.90 Å². The molecule has 1 fully saturated rings. The molecule has 1 heterocycles. The first-order valence-corrected chi connectivity index (χ1v) is 7.60. The molecule has 104 valence electrons. The number of hydrogen-bond donors (Lipinski definition) is 1. The Labute approximate surface area is 117 Å². The van der Waals surface area contributed by atoms with Crippen LogP contribution in [0.1, 0.15) is 12.5 Å². The van der Waals surface area contributed by atoms with E-state index in [1.807, 2.05) is 36.0 Å². The summed E-state index contributed by atoms with van der Waals surface area (Å²) in [4.78, 5) is 13.2. The number of carbonyl (C=O) groups is 1. The van der Waals surface area contributed by atoms with Gasteiger partial charge in [-0.15, -0.1) is 0 Å². The second-order valence-electron chi connectivity index (χ2n) is 4.59. The fourth-order valence-electron chi connectivity index (χ4n) is 1.99. The smallest absolute Gasteiger partial charge is 0.344 e. The molecule has 0 saturated carbocycles. The monoisotopic (exact) mass is 281 g/mol. The van der Waals surface area contributed by atoms with Crippen LogP contribution in [0, 0.1) is 0 Å². The quantitative estimate of drug-likeness (QED) is 0.895. The highest BCUT2D eigenvalue weighted by atomic mass is 32.2. The minimum Gasteiger partial charge on any atom is -0.479 e. The summed E-state index contributed by atoms with van der Waals surface area (Å²) in [5, 5.41) is 8.92. The van der Waals surface area contributed by atoms with Gasteiger partial charge in [-0.3, -0.25) is 4.90 Å². The molecule has 2 rings (SSSR count). The van der Waals surface area contributed by atoms with Gasteiger partial charge in [-0.1, -0.05) is 18.2 Å². The molecule has 1 atom stereocenters. The SMILES string of the molecule is C[C@H](Oc1ccccc1CN1CCSCC1)C(=O)O. The Bertz CT molecular complexity index is 432. The third-order valence-corrected chi connectivity index (χ3v) is 4.06. The van der Waals surface area contributed by atoms with Crippen molar-refractivity contribution in [2.75, 3.05) is 24.6 Å². The Morgan fingerprint density at radius 1 is 1.42 bits per heavy atom. The average molecular weight is 281 g/mol. The summed E-state index contributed by atoms with van der Waals surface area (Å²) >= 11 is 1.98. The van der Waals surface area contributed by atoms with E-state index in [9.17, 15) is 4.79 Å². The zero-order chi connectivity index (χ0) is 13.7. The van der Waals surface area contributed by atoms with E-state index < -0.39 is 12.1 Å². The molecule has 1 N–H and O–H groups in total. The lowest BCUT2D eigenvalue weighted by atomic mass is 10.2. The van der Waals surface area contributed by atoms with Crippen LogP contribution in [0.15, 0.2) is 24.3 Å². The van der Waals surface area contributed by atoms with E-state index in [-0.39, 0.29) is 0 Å². The van der Waals surface area contributed by atoms with Gasteiger partial charge in [0.15, 0.2) is 6.10 Å². The number of thioether (sulfide) groups is 1. The van der Waals surface area contributed by atoms with Gasteiger partial charge in [0, 0.05) is 36.7 Å². The van der Waals surface area contributed by atoms with Crippen LogP contribution in [0.25, 0.3) is 0 Å². The van der Waals surface area contributed by atoms with Gasteiger partial charge < -0.3 is 9.84 Å². The maximum absolute atomic E-state index is 10.9. The molecule has 0 bridgehead atoms. The Morgan fingerprint density at radius 3 is 2.79 bits per heavy atom. The van der Waals surface area contributed by atoms with E-state index in [2.05, 4.69) is 4.90 Å². The summed E-state index contributed by atoms with van der Waals surface area (Å²) < 4.78 is 5.52. The lowest BCUT2D eigenvalue weighted by molar-refractivity contribution is -0.144. The van der Waals surface area contributed by atoms with Gasteiger partial charge >= 0.3 is 5.97 Å². The number of para-hydroxylation sites is 1. The van der Waals surface area contributed by atoms with E-state index in [4.69, 9.17) is 9.84 Å². The summed E-state index contributed by atoms with van der Waals surface area (Å²) in [6.07, 6.45) is -0.821. The molecule has 5 heteroatoms. The zero-order valence-electron chi connectivity index (χ0n) is 11.0. The van der Waals surface area contributed by atoms with Gasteiger partial charge in [-0.25, -0.2) is 4.79 Å². The van der Waals surface area contributed by atoms with E-state index in [1.54, 1.807) is 6.92 Å². The number of aliphatic carboxylic acids is 1. The number of ether oxygens (including phenoxy) is 1. The van der Waals surface area contributed by atoms with Gasteiger partial charge in [-0.2, -0.15) is 11.8 Å². The van der Waals surface area contributed by atoms with E-state index in [0.29, 0.717) is 5.75 Å². The summed E-state index contributed by atoms with van der Waals surface area (Å²) in [5.74, 6) is 2.06. The van der Waals surface area contributed by atoms with Gasteiger partial charge in [0.1, 0.15) is 5.75 Å². The minimum atomic E-state index is -0.941. The van der Waals surface area contributed by atoms with Crippen LogP contribution in [0.3, 0.4) is 0 Å². The van der Waals surface area contributed by atoms with Crippen LogP contribution < -0.4 is 4.74 Å². The molecule has 1 saturated heterocycles. The largest absolute Gasteiger partial charge is 0.479 e. The number of hydrogen-bond acceptors (Lipinski definition) is 4. The van der Waals surface area contributed by atoms with Crippen molar-refractivity contribution in [1.29, 1.82) is 0 Å². The summed E-state index contributed by atoms with van der Waals surface area (Å²) in [5.41, 5.74) is 1.06. The second kappa shape index (κ2) is 6.82. The highest BCUT2D eigenvalue weighted by molar-refractivity contribution is 7.99. The molecule has 1 aliphatic heterocycles. The molecule has 0 aliphatic carbocycles. The summed E-state index contributed by atoms with van der Waals surface area (Å²) in [7, 11) is 0. The fraction of sp³-hybridized carbons (Fsp3) is 0.500. The van der Waals surface area contributed by atoms with Crippen molar-refractivity contribution in [3.8, 4) is 5.75 Å². The van der Waals surface area contributed by atoms with Gasteiger partial charge in [0.2, 0.25) is 0 Å². The molecular weight excluding hydrogens is 262 g/mol. The van der Waals surface area contributed by atoms with E-state index in [1.165, 1.54) is 0 Å². The number of carboxylic acids is 1. The Kier molecular flexibility index (Phi) is 5.10. The zero-order valence-corrected chi connectivity index (χ0v) is 11.9. The molecule has 19 heavy (non-hydrogen) atoms. The predicted molar refractivity (Wildman–Crippen MR) is 76.8 cm³/mol. The molecule has 1 aromatic rings. The lowest BCUT2D eigenvalue weighted by Crippen LogP contribution is -2.32. The number of carboxylic acid groups (broad SMARTS) is 1. The third-order valence-electron chi connectivity index (χ3n) is 3.12. The van der Waals surface area contributed by atoms with Crippen LogP contribution in [0.4, 0.5) is 0 Å². The van der Waals surface area contributed by atoms with Crippen molar-refractivity contribution in [2.45, 2.75) is 19.6 Å². The first-order valence-electron chi connectivity index (χ1n) is 6.44. The Hall–Kier alpha value is -1.20. The third kappa shape index (κ3) is 4.14. The highest BCUT2D eigenvalue weighted by Gasteiger charge is 2.17. The van der Waals surface area contributed by atoms with Crippen molar-refractivity contribution in [2.24, 2.45) is 0 Å².